The van der Waals surface area contributed by atoms with Gasteiger partial charge in [0, 0.05) is 11.7 Å². The summed E-state index contributed by atoms with van der Waals surface area (Å²) in [6.07, 6.45) is 1.21. The number of rotatable bonds is 5. The highest BCUT2D eigenvalue weighted by Gasteiger charge is 2.10. The van der Waals surface area contributed by atoms with E-state index in [9.17, 15) is 4.79 Å². The van der Waals surface area contributed by atoms with Gasteiger partial charge in [0.25, 0.3) is 0 Å². The molecule has 3 heteroatoms. The summed E-state index contributed by atoms with van der Waals surface area (Å²) in [5, 5.41) is 3.04. The zero-order chi connectivity index (χ0) is 15.2. The molecule has 0 aromatic heterocycles. The Kier molecular flexibility index (Phi) is 4.99. The smallest absolute Gasteiger partial charge is 0.224 e. The standard InChI is InChI=1S/C18H22N2O/c1-13-6-3-4-8-16(13)10-14(2)20-18(21)12-15-7-5-9-17(19)11-15/h3-9,11,14H,10,12,19H2,1-2H3,(H,20,21). The number of hydrogen-bond acceptors (Lipinski definition) is 2. The summed E-state index contributed by atoms with van der Waals surface area (Å²) >= 11 is 0. The van der Waals surface area contributed by atoms with Crippen molar-refractivity contribution >= 4 is 11.6 Å². The number of anilines is 1. The van der Waals surface area contributed by atoms with Gasteiger partial charge in [-0.25, -0.2) is 0 Å². The molecule has 0 heterocycles. The number of hydrogen-bond donors (Lipinski definition) is 2. The van der Waals surface area contributed by atoms with E-state index in [4.69, 9.17) is 5.73 Å². The van der Waals surface area contributed by atoms with Crippen LogP contribution in [0.5, 0.6) is 0 Å². The van der Waals surface area contributed by atoms with Gasteiger partial charge in [-0.3, -0.25) is 4.79 Å². The van der Waals surface area contributed by atoms with Gasteiger partial charge in [-0.1, -0.05) is 36.4 Å². The predicted molar refractivity (Wildman–Crippen MR) is 87.0 cm³/mol. The molecule has 2 rings (SSSR count). The third-order valence-electron chi connectivity index (χ3n) is 3.51. The molecular formula is C18H22N2O. The van der Waals surface area contributed by atoms with E-state index in [0.29, 0.717) is 12.1 Å². The van der Waals surface area contributed by atoms with Crippen LogP contribution in [-0.2, 0) is 17.6 Å². The van der Waals surface area contributed by atoms with Crippen LogP contribution in [0.3, 0.4) is 0 Å². The molecule has 3 N–H and O–H groups in total. The lowest BCUT2D eigenvalue weighted by atomic mass is 10.0. The van der Waals surface area contributed by atoms with Crippen LogP contribution in [-0.4, -0.2) is 11.9 Å². The topological polar surface area (TPSA) is 55.1 Å². The van der Waals surface area contributed by atoms with Crippen LogP contribution in [0, 0.1) is 6.92 Å². The van der Waals surface area contributed by atoms with E-state index in [0.717, 1.165) is 12.0 Å². The molecule has 0 fully saturated rings. The van der Waals surface area contributed by atoms with Gasteiger partial charge in [0.05, 0.1) is 6.42 Å². The molecule has 2 aromatic rings. The molecule has 0 saturated carbocycles. The Labute approximate surface area is 126 Å². The Bertz CT molecular complexity index is 622. The van der Waals surface area contributed by atoms with Gasteiger partial charge in [-0.05, 0) is 49.1 Å². The first kappa shape index (κ1) is 15.1. The summed E-state index contributed by atoms with van der Waals surface area (Å²) < 4.78 is 0. The molecule has 0 bridgehead atoms. The van der Waals surface area contributed by atoms with E-state index in [1.165, 1.54) is 11.1 Å². The molecule has 0 aliphatic rings. The Morgan fingerprint density at radius 1 is 1.19 bits per heavy atom. The van der Waals surface area contributed by atoms with Crippen LogP contribution in [0.4, 0.5) is 5.69 Å². The molecular weight excluding hydrogens is 260 g/mol. The zero-order valence-corrected chi connectivity index (χ0v) is 12.6. The first-order valence-electron chi connectivity index (χ1n) is 7.23. The zero-order valence-electron chi connectivity index (χ0n) is 12.6. The lowest BCUT2D eigenvalue weighted by molar-refractivity contribution is -0.121. The van der Waals surface area contributed by atoms with Gasteiger partial charge in [0.1, 0.15) is 0 Å². The van der Waals surface area contributed by atoms with E-state index in [2.05, 4.69) is 24.4 Å². The van der Waals surface area contributed by atoms with Gasteiger partial charge in [-0.15, -0.1) is 0 Å². The largest absolute Gasteiger partial charge is 0.399 e. The normalized spacial score (nSPS) is 11.9. The average Bonchev–Trinajstić information content (AvgIpc) is 2.41. The Hall–Kier alpha value is -2.29. The Balaban J connectivity index is 1.89. The first-order chi connectivity index (χ1) is 10.0. The minimum atomic E-state index is 0.0293. The summed E-state index contributed by atoms with van der Waals surface area (Å²) in [6.45, 7) is 4.13. The van der Waals surface area contributed by atoms with Gasteiger partial charge in [0.15, 0.2) is 0 Å². The number of nitrogens with one attached hydrogen (secondary N) is 1. The second kappa shape index (κ2) is 6.93. The average molecular weight is 282 g/mol. The van der Waals surface area contributed by atoms with Crippen LogP contribution in [0.25, 0.3) is 0 Å². The minimum Gasteiger partial charge on any atom is -0.399 e. The molecule has 1 atom stereocenters. The predicted octanol–water partition coefficient (Wildman–Crippen LogP) is 2.87. The lowest BCUT2D eigenvalue weighted by Gasteiger charge is -2.15. The SMILES string of the molecule is Cc1ccccc1CC(C)NC(=O)Cc1cccc(N)c1. The molecule has 0 saturated heterocycles. The molecule has 0 radical (unpaired) electrons. The number of carbonyl (C=O) groups is 1. The number of aryl methyl sites for hydroxylation is 1. The second-order valence-corrected chi connectivity index (χ2v) is 5.52. The summed E-state index contributed by atoms with van der Waals surface area (Å²) in [7, 11) is 0. The van der Waals surface area contributed by atoms with E-state index in [-0.39, 0.29) is 11.9 Å². The highest BCUT2D eigenvalue weighted by atomic mass is 16.1. The van der Waals surface area contributed by atoms with Crippen LogP contribution < -0.4 is 11.1 Å². The van der Waals surface area contributed by atoms with Crippen molar-refractivity contribution in [3.05, 3.63) is 65.2 Å². The van der Waals surface area contributed by atoms with Gasteiger partial charge >= 0.3 is 0 Å². The van der Waals surface area contributed by atoms with E-state index in [1.807, 2.05) is 43.3 Å². The van der Waals surface area contributed by atoms with Crippen molar-refractivity contribution < 1.29 is 4.79 Å². The second-order valence-electron chi connectivity index (χ2n) is 5.52. The molecule has 0 aliphatic heterocycles. The molecule has 2 aromatic carbocycles. The fraction of sp³-hybridized carbons (Fsp3) is 0.278. The molecule has 3 nitrogen and oxygen atoms in total. The number of nitrogens with two attached hydrogens (primary N) is 1. The number of nitrogen functional groups attached to an aromatic ring is 1. The van der Waals surface area contributed by atoms with E-state index < -0.39 is 0 Å². The third-order valence-corrected chi connectivity index (χ3v) is 3.51. The maximum absolute atomic E-state index is 12.1. The molecule has 1 amide bonds. The van der Waals surface area contributed by atoms with Gasteiger partial charge in [-0.2, -0.15) is 0 Å². The third kappa shape index (κ3) is 4.63. The summed E-state index contributed by atoms with van der Waals surface area (Å²) in [5.74, 6) is 0.0293. The maximum Gasteiger partial charge on any atom is 0.224 e. The molecule has 110 valence electrons. The van der Waals surface area contributed by atoms with Crippen molar-refractivity contribution in [2.45, 2.75) is 32.7 Å². The van der Waals surface area contributed by atoms with Crippen molar-refractivity contribution in [1.29, 1.82) is 0 Å². The van der Waals surface area contributed by atoms with Crippen molar-refractivity contribution in [3.8, 4) is 0 Å². The van der Waals surface area contributed by atoms with E-state index in [1.54, 1.807) is 0 Å². The van der Waals surface area contributed by atoms with Gasteiger partial charge < -0.3 is 11.1 Å². The van der Waals surface area contributed by atoms with Crippen molar-refractivity contribution in [2.24, 2.45) is 0 Å². The van der Waals surface area contributed by atoms with Crippen molar-refractivity contribution in [3.63, 3.8) is 0 Å². The quantitative estimate of drug-likeness (QED) is 0.829. The maximum atomic E-state index is 12.1. The van der Waals surface area contributed by atoms with Crippen molar-refractivity contribution in [1.82, 2.24) is 5.32 Å². The summed E-state index contributed by atoms with van der Waals surface area (Å²) in [5.41, 5.74) is 9.88. The number of benzene rings is 2. The number of carbonyl (C=O) groups excluding carboxylic acids is 1. The highest BCUT2D eigenvalue weighted by molar-refractivity contribution is 5.79. The molecule has 0 aliphatic carbocycles. The van der Waals surface area contributed by atoms with Crippen LogP contribution >= 0.6 is 0 Å². The minimum absolute atomic E-state index is 0.0293. The van der Waals surface area contributed by atoms with E-state index >= 15 is 0 Å². The van der Waals surface area contributed by atoms with Gasteiger partial charge in [0.2, 0.25) is 5.91 Å². The fourth-order valence-corrected chi connectivity index (χ4v) is 2.43. The molecule has 21 heavy (non-hydrogen) atoms. The Morgan fingerprint density at radius 2 is 1.95 bits per heavy atom. The summed E-state index contributed by atoms with van der Waals surface area (Å²) in [6, 6.07) is 15.8. The van der Waals surface area contributed by atoms with Crippen LogP contribution in [0.1, 0.15) is 23.6 Å². The van der Waals surface area contributed by atoms with Crippen molar-refractivity contribution in [2.75, 3.05) is 5.73 Å². The molecule has 0 spiro atoms. The van der Waals surface area contributed by atoms with Crippen LogP contribution in [0.2, 0.25) is 0 Å². The van der Waals surface area contributed by atoms with Crippen LogP contribution in [0.15, 0.2) is 48.5 Å². The monoisotopic (exact) mass is 282 g/mol. The fourth-order valence-electron chi connectivity index (χ4n) is 2.43. The Morgan fingerprint density at radius 3 is 2.67 bits per heavy atom. The number of amides is 1. The highest BCUT2D eigenvalue weighted by Crippen LogP contribution is 2.10. The molecule has 1 unspecified atom stereocenters. The summed E-state index contributed by atoms with van der Waals surface area (Å²) in [4.78, 5) is 12.1. The lowest BCUT2D eigenvalue weighted by Crippen LogP contribution is -2.35. The first-order valence-corrected chi connectivity index (χ1v) is 7.23.